The lowest BCUT2D eigenvalue weighted by atomic mass is 10.1. The Bertz CT molecular complexity index is 779. The molecule has 4 rings (SSSR count). The summed E-state index contributed by atoms with van der Waals surface area (Å²) in [6.45, 7) is 6.37. The second-order valence-corrected chi connectivity index (χ2v) is 6.58. The topological polar surface area (TPSA) is 71.5 Å². The lowest BCUT2D eigenvalue weighted by Crippen LogP contribution is -2.51. The molecule has 2 aliphatic rings. The first-order chi connectivity index (χ1) is 12.1. The van der Waals surface area contributed by atoms with Crippen molar-refractivity contribution in [2.75, 3.05) is 31.1 Å². The molecule has 4 heterocycles. The number of likely N-dealkylation sites (tertiary alicyclic amines) is 1. The minimum atomic E-state index is -0.0448. The van der Waals surface area contributed by atoms with Gasteiger partial charge in [0.15, 0.2) is 5.82 Å². The first kappa shape index (κ1) is 16.0. The van der Waals surface area contributed by atoms with Gasteiger partial charge >= 0.3 is 0 Å². The van der Waals surface area contributed by atoms with Crippen molar-refractivity contribution < 1.29 is 9.53 Å². The van der Waals surface area contributed by atoms with E-state index < -0.39 is 0 Å². The predicted molar refractivity (Wildman–Crippen MR) is 92.5 cm³/mol. The first-order valence-electron chi connectivity index (χ1n) is 8.53. The first-order valence-corrected chi connectivity index (χ1v) is 8.53. The van der Waals surface area contributed by atoms with Crippen molar-refractivity contribution in [3.8, 4) is 0 Å². The van der Waals surface area contributed by atoms with Gasteiger partial charge in [0.05, 0.1) is 24.4 Å². The van der Waals surface area contributed by atoms with Crippen LogP contribution in [0.1, 0.15) is 21.9 Å². The highest BCUT2D eigenvalue weighted by atomic mass is 16.5. The molecule has 0 radical (unpaired) electrons. The van der Waals surface area contributed by atoms with E-state index in [1.54, 1.807) is 6.07 Å². The van der Waals surface area contributed by atoms with Gasteiger partial charge in [-0.25, -0.2) is 4.98 Å². The van der Waals surface area contributed by atoms with Crippen molar-refractivity contribution in [1.29, 1.82) is 0 Å². The second-order valence-electron chi connectivity index (χ2n) is 6.58. The summed E-state index contributed by atoms with van der Waals surface area (Å²) in [5.41, 5.74) is 2.22. The monoisotopic (exact) mass is 339 g/mol. The molecule has 130 valence electrons. The molecule has 0 unspecified atom stereocenters. The molecule has 2 atom stereocenters. The van der Waals surface area contributed by atoms with Crippen molar-refractivity contribution in [1.82, 2.24) is 20.1 Å². The Morgan fingerprint density at radius 1 is 1.12 bits per heavy atom. The van der Waals surface area contributed by atoms with Crippen LogP contribution in [0.3, 0.4) is 0 Å². The van der Waals surface area contributed by atoms with E-state index in [4.69, 9.17) is 4.74 Å². The van der Waals surface area contributed by atoms with E-state index in [-0.39, 0.29) is 18.1 Å². The molecule has 0 N–H and O–H groups in total. The standard InChI is InChI=1S/C18H21N5O2/c1-12-4-3-5-14(19-12)18(24)22-10-15-16(11-22)25-9-8-23(15)17-7-6-13(2)20-21-17/h3-7,15-16H,8-11H2,1-2H3/t15-,16+/m0/s1. The number of pyridine rings is 1. The number of hydrogen-bond donors (Lipinski definition) is 0. The van der Waals surface area contributed by atoms with Crippen LogP contribution < -0.4 is 4.90 Å². The van der Waals surface area contributed by atoms with Crippen molar-refractivity contribution in [3.63, 3.8) is 0 Å². The molecular weight excluding hydrogens is 318 g/mol. The minimum absolute atomic E-state index is 0.00869. The van der Waals surface area contributed by atoms with Crippen molar-refractivity contribution in [3.05, 3.63) is 47.4 Å². The Balaban J connectivity index is 1.54. The molecule has 7 heteroatoms. The van der Waals surface area contributed by atoms with E-state index in [1.807, 2.05) is 43.0 Å². The smallest absolute Gasteiger partial charge is 0.272 e. The molecule has 2 aliphatic heterocycles. The minimum Gasteiger partial charge on any atom is -0.372 e. The highest BCUT2D eigenvalue weighted by molar-refractivity contribution is 5.92. The summed E-state index contributed by atoms with van der Waals surface area (Å²) in [6.07, 6.45) is -0.00869. The lowest BCUT2D eigenvalue weighted by Gasteiger charge is -2.37. The van der Waals surface area contributed by atoms with Gasteiger partial charge < -0.3 is 14.5 Å². The normalized spacial score (nSPS) is 22.8. The molecule has 7 nitrogen and oxygen atoms in total. The number of ether oxygens (including phenoxy) is 1. The average molecular weight is 339 g/mol. The molecule has 2 aromatic heterocycles. The number of aromatic nitrogens is 3. The Labute approximate surface area is 146 Å². The molecule has 1 amide bonds. The van der Waals surface area contributed by atoms with E-state index in [0.29, 0.717) is 25.4 Å². The van der Waals surface area contributed by atoms with Crippen molar-refractivity contribution in [2.45, 2.75) is 26.0 Å². The second kappa shape index (κ2) is 6.40. The summed E-state index contributed by atoms with van der Waals surface area (Å²) in [7, 11) is 0. The third kappa shape index (κ3) is 3.07. The Hall–Kier alpha value is -2.54. The van der Waals surface area contributed by atoms with Crippen molar-refractivity contribution >= 4 is 11.7 Å². The van der Waals surface area contributed by atoms with Crippen LogP contribution in [0.25, 0.3) is 0 Å². The highest BCUT2D eigenvalue weighted by Crippen LogP contribution is 2.27. The summed E-state index contributed by atoms with van der Waals surface area (Å²) < 4.78 is 5.91. The summed E-state index contributed by atoms with van der Waals surface area (Å²) in [4.78, 5) is 21.2. The van der Waals surface area contributed by atoms with Gasteiger partial charge in [0.2, 0.25) is 0 Å². The zero-order valence-corrected chi connectivity index (χ0v) is 14.4. The van der Waals surface area contributed by atoms with Gasteiger partial charge in [-0.15, -0.1) is 5.10 Å². The number of amides is 1. The van der Waals surface area contributed by atoms with Crippen LogP contribution in [-0.4, -0.2) is 64.4 Å². The maximum absolute atomic E-state index is 12.8. The molecule has 0 saturated carbocycles. The summed E-state index contributed by atoms with van der Waals surface area (Å²) in [5.74, 6) is 0.795. The van der Waals surface area contributed by atoms with E-state index in [0.717, 1.165) is 23.8 Å². The zero-order valence-electron chi connectivity index (χ0n) is 14.4. The van der Waals surface area contributed by atoms with E-state index in [2.05, 4.69) is 20.1 Å². The summed E-state index contributed by atoms with van der Waals surface area (Å²) >= 11 is 0. The number of anilines is 1. The predicted octanol–water partition coefficient (Wildman–Crippen LogP) is 1.22. The fourth-order valence-corrected chi connectivity index (χ4v) is 3.51. The molecule has 0 bridgehead atoms. The molecule has 0 aliphatic carbocycles. The molecular formula is C18H21N5O2. The number of aryl methyl sites for hydroxylation is 2. The number of hydrogen-bond acceptors (Lipinski definition) is 6. The average Bonchev–Trinajstić information content (AvgIpc) is 3.06. The fraction of sp³-hybridized carbons (Fsp3) is 0.444. The van der Waals surface area contributed by atoms with Crippen LogP contribution in [-0.2, 0) is 4.74 Å². The van der Waals surface area contributed by atoms with E-state index in [9.17, 15) is 4.79 Å². The number of morpholine rings is 1. The highest BCUT2D eigenvalue weighted by Gasteiger charge is 2.42. The SMILES string of the molecule is Cc1ccc(N2CCO[C@@H]3CN(C(=O)c4cccc(C)n4)C[C@@H]32)nn1. The maximum atomic E-state index is 12.8. The van der Waals surface area contributed by atoms with Gasteiger partial charge in [-0.05, 0) is 38.1 Å². The van der Waals surface area contributed by atoms with Gasteiger partial charge in [0, 0.05) is 25.3 Å². The van der Waals surface area contributed by atoms with E-state index in [1.165, 1.54) is 0 Å². The fourth-order valence-electron chi connectivity index (χ4n) is 3.51. The van der Waals surface area contributed by atoms with Gasteiger partial charge in [0.1, 0.15) is 5.69 Å². The van der Waals surface area contributed by atoms with Crippen LogP contribution in [0.5, 0.6) is 0 Å². The van der Waals surface area contributed by atoms with Crippen LogP contribution in [0.15, 0.2) is 30.3 Å². The molecule has 25 heavy (non-hydrogen) atoms. The maximum Gasteiger partial charge on any atom is 0.272 e. The van der Waals surface area contributed by atoms with Gasteiger partial charge in [-0.3, -0.25) is 4.79 Å². The van der Waals surface area contributed by atoms with Crippen LogP contribution in [0.4, 0.5) is 5.82 Å². The molecule has 0 spiro atoms. The third-order valence-electron chi connectivity index (χ3n) is 4.77. The number of nitrogens with zero attached hydrogens (tertiary/aromatic N) is 5. The van der Waals surface area contributed by atoms with Crippen LogP contribution in [0.2, 0.25) is 0 Å². The molecule has 2 fully saturated rings. The molecule has 0 aromatic carbocycles. The number of carbonyl (C=O) groups excluding carboxylic acids is 1. The number of fused-ring (bicyclic) bond motifs is 1. The lowest BCUT2D eigenvalue weighted by molar-refractivity contribution is 0.0298. The molecule has 2 saturated heterocycles. The van der Waals surface area contributed by atoms with E-state index >= 15 is 0 Å². The Morgan fingerprint density at radius 2 is 2.00 bits per heavy atom. The Kier molecular flexibility index (Phi) is 4.09. The quantitative estimate of drug-likeness (QED) is 0.819. The van der Waals surface area contributed by atoms with Crippen LogP contribution >= 0.6 is 0 Å². The zero-order chi connectivity index (χ0) is 17.4. The largest absolute Gasteiger partial charge is 0.372 e. The summed E-state index contributed by atoms with van der Waals surface area (Å²) in [6, 6.07) is 9.56. The van der Waals surface area contributed by atoms with Crippen LogP contribution in [0, 0.1) is 13.8 Å². The number of rotatable bonds is 2. The molecule has 2 aromatic rings. The van der Waals surface area contributed by atoms with Gasteiger partial charge in [-0.2, -0.15) is 5.10 Å². The van der Waals surface area contributed by atoms with Crippen molar-refractivity contribution in [2.24, 2.45) is 0 Å². The number of carbonyl (C=O) groups is 1. The van der Waals surface area contributed by atoms with Gasteiger partial charge in [0.25, 0.3) is 5.91 Å². The third-order valence-corrected chi connectivity index (χ3v) is 4.77. The Morgan fingerprint density at radius 3 is 2.76 bits per heavy atom. The van der Waals surface area contributed by atoms with Gasteiger partial charge in [-0.1, -0.05) is 6.07 Å². The summed E-state index contributed by atoms with van der Waals surface area (Å²) in [5, 5.41) is 8.46.